The van der Waals surface area contributed by atoms with Crippen molar-refractivity contribution in [2.24, 2.45) is 0 Å². The number of rotatable bonds is 4. The summed E-state index contributed by atoms with van der Waals surface area (Å²) >= 11 is 0. The Kier molecular flexibility index (Phi) is 4.55. The number of anilines is 1. The highest BCUT2D eigenvalue weighted by molar-refractivity contribution is 6.30. The second kappa shape index (κ2) is 6.67. The van der Waals surface area contributed by atoms with Crippen molar-refractivity contribution in [2.75, 3.05) is 18.6 Å². The van der Waals surface area contributed by atoms with Crippen LogP contribution in [0.25, 0.3) is 5.57 Å². The lowest BCUT2D eigenvalue weighted by molar-refractivity contribution is -0.146. The van der Waals surface area contributed by atoms with E-state index in [1.807, 2.05) is 68.4 Å². The number of aliphatic hydroxyl groups excluding tert-OH is 1. The molecule has 0 saturated carbocycles. The topological polar surface area (TPSA) is 73.6 Å². The van der Waals surface area contributed by atoms with Crippen molar-refractivity contribution in [3.63, 3.8) is 0 Å². The summed E-state index contributed by atoms with van der Waals surface area (Å²) in [7, 11) is 1.38. The van der Waals surface area contributed by atoms with Crippen molar-refractivity contribution in [2.45, 2.75) is 19.3 Å². The van der Waals surface area contributed by atoms with Gasteiger partial charge in [0.05, 0.1) is 24.6 Å². The van der Waals surface area contributed by atoms with Gasteiger partial charge >= 0.3 is 5.97 Å². The molecule has 1 aliphatic rings. The number of esters is 1. The number of nitrogens with zero attached hydrogens (tertiary/aromatic N) is 1. The first-order chi connectivity index (χ1) is 12.4. The highest BCUT2D eigenvalue weighted by atomic mass is 16.5. The molecule has 0 bridgehead atoms. The van der Waals surface area contributed by atoms with Gasteiger partial charge in [-0.15, -0.1) is 0 Å². The molecule has 0 aliphatic carbocycles. The quantitative estimate of drug-likeness (QED) is 0.820. The average molecular weight is 350 g/mol. The maximum absolute atomic E-state index is 12.0. The molecule has 3 rings (SSSR count). The van der Waals surface area contributed by atoms with Crippen LogP contribution in [0.4, 0.5) is 5.69 Å². The molecular formula is C21H22N2O3. The first-order valence-corrected chi connectivity index (χ1v) is 8.39. The normalized spacial score (nSPS) is 14.7. The number of aliphatic hydroxyl groups is 1. The summed E-state index contributed by atoms with van der Waals surface area (Å²) in [4.78, 5) is 13.7. The molecule has 134 valence electrons. The lowest BCUT2D eigenvalue weighted by Gasteiger charge is -2.24. The Hall–Kier alpha value is -3.08. The second-order valence-electron chi connectivity index (χ2n) is 6.79. The molecule has 0 radical (unpaired) electrons. The minimum atomic E-state index is -0.749. The predicted molar refractivity (Wildman–Crippen MR) is 103 cm³/mol. The molecule has 1 aliphatic heterocycles. The molecule has 26 heavy (non-hydrogen) atoms. The Balaban J connectivity index is 1.86. The van der Waals surface area contributed by atoms with Crippen LogP contribution >= 0.6 is 0 Å². The number of methoxy groups -OCH3 is 1. The van der Waals surface area contributed by atoms with Crippen LogP contribution in [-0.4, -0.2) is 30.6 Å². The van der Waals surface area contributed by atoms with Crippen LogP contribution in [0.2, 0.25) is 0 Å². The summed E-state index contributed by atoms with van der Waals surface area (Å²) in [5.74, 6) is 0.138. The van der Waals surface area contributed by atoms with E-state index >= 15 is 0 Å². The SMILES string of the molecule is COC(=O)C(C)(C)c1ccc(N2CC(O)=C(c3ccccc3)C2=N)cc1. The molecule has 0 atom stereocenters. The van der Waals surface area contributed by atoms with E-state index in [2.05, 4.69) is 0 Å². The van der Waals surface area contributed by atoms with E-state index in [0.717, 1.165) is 16.8 Å². The van der Waals surface area contributed by atoms with Crippen molar-refractivity contribution in [1.82, 2.24) is 0 Å². The molecule has 0 unspecified atom stereocenters. The molecule has 2 aromatic carbocycles. The van der Waals surface area contributed by atoms with Crippen LogP contribution in [-0.2, 0) is 14.9 Å². The predicted octanol–water partition coefficient (Wildman–Crippen LogP) is 3.90. The third-order valence-electron chi connectivity index (χ3n) is 4.76. The molecule has 0 aromatic heterocycles. The number of ether oxygens (including phenoxy) is 1. The van der Waals surface area contributed by atoms with Crippen LogP contribution in [0.1, 0.15) is 25.0 Å². The molecule has 0 amide bonds. The zero-order valence-corrected chi connectivity index (χ0v) is 15.1. The summed E-state index contributed by atoms with van der Waals surface area (Å²) in [5, 5.41) is 18.8. The Morgan fingerprint density at radius 1 is 1.12 bits per heavy atom. The van der Waals surface area contributed by atoms with Gasteiger partial charge in [0.2, 0.25) is 0 Å². The van der Waals surface area contributed by atoms with Gasteiger partial charge in [0.25, 0.3) is 0 Å². The van der Waals surface area contributed by atoms with E-state index in [-0.39, 0.29) is 24.1 Å². The van der Waals surface area contributed by atoms with Crippen LogP contribution in [0, 0.1) is 5.41 Å². The Labute approximate surface area is 153 Å². The minimum absolute atomic E-state index is 0.181. The summed E-state index contributed by atoms with van der Waals surface area (Å²) in [5.41, 5.74) is 2.24. The van der Waals surface area contributed by atoms with Crippen molar-refractivity contribution in [3.05, 3.63) is 71.5 Å². The summed E-state index contributed by atoms with van der Waals surface area (Å²) in [6.07, 6.45) is 0. The smallest absolute Gasteiger partial charge is 0.315 e. The van der Waals surface area contributed by atoms with Gasteiger partial charge in [-0.1, -0.05) is 42.5 Å². The van der Waals surface area contributed by atoms with E-state index in [9.17, 15) is 9.90 Å². The third kappa shape index (κ3) is 2.96. The van der Waals surface area contributed by atoms with E-state index in [0.29, 0.717) is 5.57 Å². The van der Waals surface area contributed by atoms with Crippen LogP contribution in [0.5, 0.6) is 0 Å². The molecule has 5 nitrogen and oxygen atoms in total. The fraction of sp³-hybridized carbons (Fsp3) is 0.238. The Morgan fingerprint density at radius 2 is 1.73 bits per heavy atom. The van der Waals surface area contributed by atoms with Gasteiger partial charge < -0.3 is 14.7 Å². The molecule has 0 fully saturated rings. The van der Waals surface area contributed by atoms with Gasteiger partial charge in [0.1, 0.15) is 11.6 Å². The summed E-state index contributed by atoms with van der Waals surface area (Å²) in [6.45, 7) is 3.88. The standard InChI is InChI=1S/C21H22N2O3/c1-21(2,20(25)26-3)15-9-11-16(12-10-15)23-13-17(24)18(19(23)22)14-7-5-4-6-8-14/h4-12,22,24H,13H2,1-3H3. The maximum Gasteiger partial charge on any atom is 0.315 e. The van der Waals surface area contributed by atoms with Crippen molar-refractivity contribution in [1.29, 1.82) is 5.41 Å². The van der Waals surface area contributed by atoms with Crippen molar-refractivity contribution >= 4 is 23.1 Å². The molecular weight excluding hydrogens is 328 g/mol. The van der Waals surface area contributed by atoms with Crippen LogP contribution < -0.4 is 4.90 Å². The highest BCUT2D eigenvalue weighted by Crippen LogP contribution is 2.32. The third-order valence-corrected chi connectivity index (χ3v) is 4.76. The van der Waals surface area contributed by atoms with Crippen molar-refractivity contribution in [3.8, 4) is 0 Å². The molecule has 0 saturated heterocycles. The number of nitrogens with one attached hydrogen (secondary N) is 1. The van der Waals surface area contributed by atoms with Gasteiger partial charge in [-0.05, 0) is 37.1 Å². The average Bonchev–Trinajstić information content (AvgIpc) is 2.96. The van der Waals surface area contributed by atoms with Gasteiger partial charge in [-0.3, -0.25) is 10.2 Å². The van der Waals surface area contributed by atoms with E-state index in [1.165, 1.54) is 7.11 Å². The van der Waals surface area contributed by atoms with E-state index in [1.54, 1.807) is 4.90 Å². The lowest BCUT2D eigenvalue weighted by atomic mass is 9.84. The van der Waals surface area contributed by atoms with Gasteiger partial charge in [-0.2, -0.15) is 0 Å². The first kappa shape index (κ1) is 17.7. The highest BCUT2D eigenvalue weighted by Gasteiger charge is 2.32. The fourth-order valence-electron chi connectivity index (χ4n) is 3.14. The number of hydrogen-bond donors (Lipinski definition) is 2. The minimum Gasteiger partial charge on any atom is -0.510 e. The first-order valence-electron chi connectivity index (χ1n) is 8.39. The summed E-state index contributed by atoms with van der Waals surface area (Å²) < 4.78 is 4.87. The molecule has 2 N–H and O–H groups in total. The number of hydrogen-bond acceptors (Lipinski definition) is 4. The zero-order valence-electron chi connectivity index (χ0n) is 15.1. The monoisotopic (exact) mass is 350 g/mol. The Bertz CT molecular complexity index is 868. The molecule has 1 heterocycles. The molecule has 5 heteroatoms. The van der Waals surface area contributed by atoms with Crippen LogP contribution in [0.3, 0.4) is 0 Å². The Morgan fingerprint density at radius 3 is 2.31 bits per heavy atom. The molecule has 0 spiro atoms. The number of amidine groups is 1. The summed E-state index contributed by atoms with van der Waals surface area (Å²) in [6, 6.07) is 16.9. The van der Waals surface area contributed by atoms with Gasteiger partial charge in [-0.25, -0.2) is 0 Å². The number of carbonyl (C=O) groups excluding carboxylic acids is 1. The van der Waals surface area contributed by atoms with Gasteiger partial charge in [0.15, 0.2) is 0 Å². The zero-order chi connectivity index (χ0) is 18.9. The van der Waals surface area contributed by atoms with Crippen molar-refractivity contribution < 1.29 is 14.6 Å². The van der Waals surface area contributed by atoms with Gasteiger partial charge in [0, 0.05) is 5.69 Å². The molecule has 2 aromatic rings. The van der Waals surface area contributed by atoms with E-state index in [4.69, 9.17) is 10.1 Å². The number of carbonyl (C=O) groups is 1. The fourth-order valence-corrected chi connectivity index (χ4v) is 3.14. The lowest BCUT2D eigenvalue weighted by Crippen LogP contribution is -2.30. The second-order valence-corrected chi connectivity index (χ2v) is 6.79. The maximum atomic E-state index is 12.0. The number of benzene rings is 2. The van der Waals surface area contributed by atoms with E-state index < -0.39 is 5.41 Å². The van der Waals surface area contributed by atoms with Crippen LogP contribution in [0.15, 0.2) is 60.4 Å². The largest absolute Gasteiger partial charge is 0.510 e.